The topological polar surface area (TPSA) is 47.6 Å². The van der Waals surface area contributed by atoms with E-state index in [2.05, 4.69) is 5.32 Å². The molecule has 2 aromatic carbocycles. The molecular formula is C18H19NO3. The van der Waals surface area contributed by atoms with Crippen molar-refractivity contribution < 1.29 is 14.3 Å². The van der Waals surface area contributed by atoms with E-state index >= 15 is 0 Å². The van der Waals surface area contributed by atoms with Gasteiger partial charge in [-0.3, -0.25) is 5.32 Å². The smallest absolute Gasteiger partial charge is 0.411 e. The van der Waals surface area contributed by atoms with Crippen molar-refractivity contribution in [3.05, 3.63) is 66.2 Å². The fraction of sp³-hybridized carbons (Fsp3) is 0.167. The Kier molecular flexibility index (Phi) is 6.05. The molecule has 0 unspecified atom stereocenters. The molecule has 0 fully saturated rings. The van der Waals surface area contributed by atoms with Crippen LogP contribution >= 0.6 is 0 Å². The molecule has 0 heterocycles. The van der Waals surface area contributed by atoms with Crippen LogP contribution < -0.4 is 10.1 Å². The summed E-state index contributed by atoms with van der Waals surface area (Å²) < 4.78 is 10.4. The maximum atomic E-state index is 11.6. The Hall–Kier alpha value is -2.75. The van der Waals surface area contributed by atoms with E-state index in [0.717, 1.165) is 11.3 Å². The van der Waals surface area contributed by atoms with E-state index < -0.39 is 6.09 Å². The second-order valence-corrected chi connectivity index (χ2v) is 4.49. The van der Waals surface area contributed by atoms with E-state index in [1.807, 2.05) is 43.3 Å². The summed E-state index contributed by atoms with van der Waals surface area (Å²) in [5.74, 6) is 0.771. The second kappa shape index (κ2) is 8.52. The maximum Gasteiger partial charge on any atom is 0.411 e. The van der Waals surface area contributed by atoms with Crippen LogP contribution in [-0.2, 0) is 4.74 Å². The number of amides is 1. The van der Waals surface area contributed by atoms with Crippen molar-refractivity contribution in [3.63, 3.8) is 0 Å². The summed E-state index contributed by atoms with van der Waals surface area (Å²) >= 11 is 0. The van der Waals surface area contributed by atoms with Gasteiger partial charge in [-0.15, -0.1) is 0 Å². The van der Waals surface area contributed by atoms with Crippen LogP contribution in [0, 0.1) is 0 Å². The molecule has 0 aliphatic heterocycles. The van der Waals surface area contributed by atoms with Crippen LogP contribution in [0.5, 0.6) is 5.75 Å². The second-order valence-electron chi connectivity index (χ2n) is 4.49. The molecule has 114 valence electrons. The van der Waals surface area contributed by atoms with E-state index in [9.17, 15) is 4.79 Å². The molecule has 0 atom stereocenters. The maximum absolute atomic E-state index is 11.6. The molecule has 0 bridgehead atoms. The Morgan fingerprint density at radius 3 is 2.50 bits per heavy atom. The lowest BCUT2D eigenvalue weighted by Crippen LogP contribution is -2.13. The SMILES string of the molecule is CCOc1ccc(NC(=O)OC/C=C/c2ccccc2)cc1. The first-order valence-corrected chi connectivity index (χ1v) is 7.16. The van der Waals surface area contributed by atoms with Gasteiger partial charge < -0.3 is 9.47 Å². The van der Waals surface area contributed by atoms with Gasteiger partial charge in [0.2, 0.25) is 0 Å². The summed E-state index contributed by atoms with van der Waals surface area (Å²) in [6.45, 7) is 2.76. The normalized spacial score (nSPS) is 10.4. The van der Waals surface area contributed by atoms with Crippen molar-refractivity contribution in [1.82, 2.24) is 0 Å². The quantitative estimate of drug-likeness (QED) is 0.862. The molecule has 0 saturated carbocycles. The number of carbonyl (C=O) groups excluding carboxylic acids is 1. The molecule has 0 aliphatic carbocycles. The Morgan fingerprint density at radius 2 is 1.82 bits per heavy atom. The third-order valence-electron chi connectivity index (χ3n) is 2.83. The van der Waals surface area contributed by atoms with Crippen LogP contribution in [0.3, 0.4) is 0 Å². The van der Waals surface area contributed by atoms with Gasteiger partial charge in [-0.25, -0.2) is 4.79 Å². The molecular weight excluding hydrogens is 278 g/mol. The van der Waals surface area contributed by atoms with E-state index in [1.54, 1.807) is 30.3 Å². The molecule has 2 rings (SSSR count). The van der Waals surface area contributed by atoms with Crippen LogP contribution in [0.1, 0.15) is 12.5 Å². The molecule has 0 spiro atoms. The molecule has 1 N–H and O–H groups in total. The van der Waals surface area contributed by atoms with Gasteiger partial charge in [0.25, 0.3) is 0 Å². The van der Waals surface area contributed by atoms with E-state index in [1.165, 1.54) is 0 Å². The van der Waals surface area contributed by atoms with Gasteiger partial charge in [0, 0.05) is 5.69 Å². The zero-order valence-electron chi connectivity index (χ0n) is 12.5. The van der Waals surface area contributed by atoms with Crippen molar-refractivity contribution >= 4 is 17.9 Å². The van der Waals surface area contributed by atoms with E-state index in [4.69, 9.17) is 9.47 Å². The van der Waals surface area contributed by atoms with Crippen LogP contribution in [0.4, 0.5) is 10.5 Å². The lowest BCUT2D eigenvalue weighted by atomic mass is 10.2. The van der Waals surface area contributed by atoms with E-state index in [0.29, 0.717) is 12.3 Å². The highest BCUT2D eigenvalue weighted by atomic mass is 16.5. The number of carbonyl (C=O) groups is 1. The van der Waals surface area contributed by atoms with Crippen LogP contribution in [-0.4, -0.2) is 19.3 Å². The highest BCUT2D eigenvalue weighted by Gasteiger charge is 2.02. The van der Waals surface area contributed by atoms with Gasteiger partial charge >= 0.3 is 6.09 Å². The number of benzene rings is 2. The number of ether oxygens (including phenoxy) is 2. The number of rotatable bonds is 6. The van der Waals surface area contributed by atoms with Crippen LogP contribution in [0.15, 0.2) is 60.7 Å². The molecule has 4 nitrogen and oxygen atoms in total. The van der Waals surface area contributed by atoms with Crippen LogP contribution in [0.25, 0.3) is 6.08 Å². The van der Waals surface area contributed by atoms with Crippen molar-refractivity contribution in [3.8, 4) is 5.75 Å². The molecule has 0 aromatic heterocycles. The van der Waals surface area contributed by atoms with Gasteiger partial charge in [0.15, 0.2) is 0 Å². The third kappa shape index (κ3) is 5.32. The highest BCUT2D eigenvalue weighted by molar-refractivity contribution is 5.84. The highest BCUT2D eigenvalue weighted by Crippen LogP contribution is 2.15. The number of hydrogen-bond donors (Lipinski definition) is 1. The molecule has 0 radical (unpaired) electrons. The van der Waals surface area contributed by atoms with Gasteiger partial charge in [-0.2, -0.15) is 0 Å². The molecule has 22 heavy (non-hydrogen) atoms. The zero-order valence-corrected chi connectivity index (χ0v) is 12.5. The van der Waals surface area contributed by atoms with Crippen molar-refractivity contribution in [1.29, 1.82) is 0 Å². The average Bonchev–Trinajstić information content (AvgIpc) is 2.55. The molecule has 4 heteroatoms. The Morgan fingerprint density at radius 1 is 1.09 bits per heavy atom. The third-order valence-corrected chi connectivity index (χ3v) is 2.83. The van der Waals surface area contributed by atoms with Crippen molar-refractivity contribution in [2.24, 2.45) is 0 Å². The van der Waals surface area contributed by atoms with E-state index in [-0.39, 0.29) is 6.61 Å². The summed E-state index contributed by atoms with van der Waals surface area (Å²) in [5.41, 5.74) is 1.73. The predicted molar refractivity (Wildman–Crippen MR) is 88.1 cm³/mol. The van der Waals surface area contributed by atoms with Gasteiger partial charge in [-0.05, 0) is 42.8 Å². The van der Waals surface area contributed by atoms with Gasteiger partial charge in [0.05, 0.1) is 6.61 Å². The first kappa shape index (κ1) is 15.6. The minimum Gasteiger partial charge on any atom is -0.494 e. The Bertz CT molecular complexity index is 606. The fourth-order valence-electron chi connectivity index (χ4n) is 1.83. The molecule has 1 amide bonds. The first-order chi connectivity index (χ1) is 10.8. The monoisotopic (exact) mass is 297 g/mol. The number of nitrogens with one attached hydrogen (secondary N) is 1. The minimum atomic E-state index is -0.484. The molecule has 2 aromatic rings. The van der Waals surface area contributed by atoms with Crippen molar-refractivity contribution in [2.75, 3.05) is 18.5 Å². The standard InChI is InChI=1S/C18H19NO3/c1-2-21-17-12-10-16(11-13-17)19-18(20)22-14-6-9-15-7-4-3-5-8-15/h3-13H,2,14H2,1H3,(H,19,20)/b9-6+. The molecule has 0 saturated heterocycles. The lowest BCUT2D eigenvalue weighted by Gasteiger charge is -2.07. The average molecular weight is 297 g/mol. The summed E-state index contributed by atoms with van der Waals surface area (Å²) in [5, 5.41) is 2.66. The molecule has 0 aliphatic rings. The van der Waals surface area contributed by atoms with Gasteiger partial charge in [-0.1, -0.05) is 36.4 Å². The Balaban J connectivity index is 1.74. The predicted octanol–water partition coefficient (Wildman–Crippen LogP) is 4.35. The van der Waals surface area contributed by atoms with Crippen LogP contribution in [0.2, 0.25) is 0 Å². The fourth-order valence-corrected chi connectivity index (χ4v) is 1.83. The lowest BCUT2D eigenvalue weighted by molar-refractivity contribution is 0.174. The number of anilines is 1. The summed E-state index contributed by atoms with van der Waals surface area (Å²) in [4.78, 5) is 11.6. The first-order valence-electron chi connectivity index (χ1n) is 7.16. The number of hydrogen-bond acceptors (Lipinski definition) is 3. The van der Waals surface area contributed by atoms with Gasteiger partial charge in [0.1, 0.15) is 12.4 Å². The minimum absolute atomic E-state index is 0.220. The summed E-state index contributed by atoms with van der Waals surface area (Å²) in [7, 11) is 0. The largest absolute Gasteiger partial charge is 0.494 e. The summed E-state index contributed by atoms with van der Waals surface area (Å²) in [6.07, 6.45) is 3.22. The van der Waals surface area contributed by atoms with Crippen molar-refractivity contribution in [2.45, 2.75) is 6.92 Å². The summed E-state index contributed by atoms with van der Waals surface area (Å²) in [6, 6.07) is 17.0. The zero-order chi connectivity index (χ0) is 15.6. The Labute approximate surface area is 130 Å².